The number of ether oxygens (including phenoxy) is 1. The number of hydrogen-bond acceptors (Lipinski definition) is 3. The Morgan fingerprint density at radius 1 is 1.28 bits per heavy atom. The lowest BCUT2D eigenvalue weighted by Crippen LogP contribution is -2.04. The first kappa shape index (κ1) is 12.0. The average Bonchev–Trinajstić information content (AvgIpc) is 2.71. The molecule has 0 bridgehead atoms. The minimum Gasteiger partial charge on any atom is -0.497 e. The smallest absolute Gasteiger partial charge is 0.354 e. The zero-order chi connectivity index (χ0) is 13.1. The van der Waals surface area contributed by atoms with Crippen molar-refractivity contribution in [1.29, 1.82) is 0 Å². The van der Waals surface area contributed by atoms with E-state index in [1.54, 1.807) is 19.2 Å². The van der Waals surface area contributed by atoms with Crippen LogP contribution in [-0.4, -0.2) is 28.2 Å². The summed E-state index contributed by atoms with van der Waals surface area (Å²) in [5.41, 5.74) is 0.623. The van der Waals surface area contributed by atoms with E-state index in [2.05, 4.69) is 9.97 Å². The summed E-state index contributed by atoms with van der Waals surface area (Å²) in [5.74, 6) is -0.434. The van der Waals surface area contributed by atoms with Crippen LogP contribution < -0.4 is 10.4 Å². The quantitative estimate of drug-likeness (QED) is 0.752. The summed E-state index contributed by atoms with van der Waals surface area (Å²) in [6, 6.07) is 7.19. The largest absolute Gasteiger partial charge is 0.497 e. The molecule has 1 aromatic heterocycles. The van der Waals surface area contributed by atoms with Crippen LogP contribution in [0.5, 0.6) is 5.75 Å². The van der Waals surface area contributed by atoms with Crippen LogP contribution in [0.25, 0.3) is 0 Å². The molecule has 0 aliphatic rings. The van der Waals surface area contributed by atoms with Crippen LogP contribution in [-0.2, 0) is 6.42 Å². The number of rotatable bonds is 4. The number of H-pyrrole nitrogens is 2. The summed E-state index contributed by atoms with van der Waals surface area (Å²) in [4.78, 5) is 26.8. The van der Waals surface area contributed by atoms with Crippen molar-refractivity contribution in [3.63, 3.8) is 0 Å². The molecular weight excluding hydrogens is 236 g/mol. The third-order valence-corrected chi connectivity index (χ3v) is 2.56. The van der Waals surface area contributed by atoms with Crippen molar-refractivity contribution in [3.05, 3.63) is 51.7 Å². The average molecular weight is 248 g/mol. The van der Waals surface area contributed by atoms with Crippen molar-refractivity contribution in [2.45, 2.75) is 6.42 Å². The lowest BCUT2D eigenvalue weighted by atomic mass is 10.1. The van der Waals surface area contributed by atoms with Crippen LogP contribution in [0.3, 0.4) is 0 Å². The molecule has 0 unspecified atom stereocenters. The van der Waals surface area contributed by atoms with E-state index in [0.717, 1.165) is 11.3 Å². The van der Waals surface area contributed by atoms with E-state index < -0.39 is 11.7 Å². The molecule has 0 fully saturated rings. The fourth-order valence-electron chi connectivity index (χ4n) is 1.68. The second-order valence-electron chi connectivity index (χ2n) is 3.76. The Balaban J connectivity index is 2.27. The van der Waals surface area contributed by atoms with Gasteiger partial charge in [-0.25, -0.2) is 9.59 Å². The molecule has 1 aromatic carbocycles. The summed E-state index contributed by atoms with van der Waals surface area (Å²) in [6.07, 6.45) is 0.338. The van der Waals surface area contributed by atoms with Gasteiger partial charge in [0.05, 0.1) is 12.8 Å². The molecule has 0 radical (unpaired) electrons. The molecule has 0 amide bonds. The van der Waals surface area contributed by atoms with Crippen LogP contribution >= 0.6 is 0 Å². The topological polar surface area (TPSA) is 95.2 Å². The minimum atomic E-state index is -1.16. The minimum absolute atomic E-state index is 0.101. The zero-order valence-electron chi connectivity index (χ0n) is 9.69. The Bertz CT molecular complexity index is 610. The Morgan fingerprint density at radius 3 is 2.50 bits per heavy atom. The summed E-state index contributed by atoms with van der Waals surface area (Å²) in [5, 5.41) is 8.93. The van der Waals surface area contributed by atoms with Crippen LogP contribution in [0, 0.1) is 0 Å². The zero-order valence-corrected chi connectivity index (χ0v) is 9.69. The summed E-state index contributed by atoms with van der Waals surface area (Å²) in [7, 11) is 1.57. The highest BCUT2D eigenvalue weighted by molar-refractivity contribution is 5.86. The van der Waals surface area contributed by atoms with Gasteiger partial charge in [0.25, 0.3) is 0 Å². The van der Waals surface area contributed by atoms with Crippen molar-refractivity contribution in [1.82, 2.24) is 9.97 Å². The van der Waals surface area contributed by atoms with Crippen LogP contribution in [0.4, 0.5) is 0 Å². The van der Waals surface area contributed by atoms with Gasteiger partial charge in [0.2, 0.25) is 0 Å². The van der Waals surface area contributed by atoms with E-state index in [1.165, 1.54) is 0 Å². The van der Waals surface area contributed by atoms with Crippen LogP contribution in [0.15, 0.2) is 29.1 Å². The van der Waals surface area contributed by atoms with Gasteiger partial charge in [-0.2, -0.15) is 0 Å². The van der Waals surface area contributed by atoms with E-state index in [0.29, 0.717) is 12.1 Å². The van der Waals surface area contributed by atoms with Gasteiger partial charge < -0.3 is 14.8 Å². The van der Waals surface area contributed by atoms with E-state index in [-0.39, 0.29) is 5.69 Å². The number of aromatic nitrogens is 2. The molecule has 1 heterocycles. The first-order valence-corrected chi connectivity index (χ1v) is 5.27. The van der Waals surface area contributed by atoms with Gasteiger partial charge in [-0.3, -0.25) is 4.98 Å². The third-order valence-electron chi connectivity index (χ3n) is 2.56. The molecule has 6 heteroatoms. The number of nitrogens with one attached hydrogen (secondary N) is 2. The van der Waals surface area contributed by atoms with Crippen molar-refractivity contribution < 1.29 is 14.6 Å². The molecule has 18 heavy (non-hydrogen) atoms. The Morgan fingerprint density at radius 2 is 1.94 bits per heavy atom. The van der Waals surface area contributed by atoms with Gasteiger partial charge in [-0.05, 0) is 17.7 Å². The first-order valence-electron chi connectivity index (χ1n) is 5.27. The number of hydrogen-bond donors (Lipinski definition) is 3. The number of benzene rings is 1. The van der Waals surface area contributed by atoms with E-state index in [9.17, 15) is 9.59 Å². The summed E-state index contributed by atoms with van der Waals surface area (Å²) in [6.45, 7) is 0. The fourth-order valence-corrected chi connectivity index (χ4v) is 1.68. The Kier molecular flexibility index (Phi) is 3.18. The monoisotopic (exact) mass is 248 g/mol. The van der Waals surface area contributed by atoms with Crippen LogP contribution in [0.2, 0.25) is 0 Å². The number of carbonyl (C=O) groups is 1. The second-order valence-corrected chi connectivity index (χ2v) is 3.76. The normalized spacial score (nSPS) is 10.3. The number of methoxy groups -OCH3 is 1. The van der Waals surface area contributed by atoms with E-state index in [4.69, 9.17) is 9.84 Å². The van der Waals surface area contributed by atoms with Gasteiger partial charge in [-0.15, -0.1) is 0 Å². The number of carboxylic acid groups (broad SMARTS) is 1. The van der Waals surface area contributed by atoms with Crippen LogP contribution in [0.1, 0.15) is 21.7 Å². The maximum Gasteiger partial charge on any atom is 0.354 e. The fraction of sp³-hybridized carbons (Fsp3) is 0.167. The summed E-state index contributed by atoms with van der Waals surface area (Å²) < 4.78 is 5.03. The van der Waals surface area contributed by atoms with Gasteiger partial charge in [0, 0.05) is 6.42 Å². The van der Waals surface area contributed by atoms with Gasteiger partial charge >= 0.3 is 11.7 Å². The predicted molar refractivity (Wildman–Crippen MR) is 64.2 cm³/mol. The van der Waals surface area contributed by atoms with Crippen molar-refractivity contribution >= 4 is 5.97 Å². The van der Waals surface area contributed by atoms with Gasteiger partial charge in [0.1, 0.15) is 11.4 Å². The molecule has 0 spiro atoms. The van der Waals surface area contributed by atoms with Crippen molar-refractivity contribution in [2.24, 2.45) is 0 Å². The number of aromatic carboxylic acids is 1. The van der Waals surface area contributed by atoms with Gasteiger partial charge in [-0.1, -0.05) is 12.1 Å². The number of imidazole rings is 1. The molecule has 2 aromatic rings. The molecule has 0 atom stereocenters. The lowest BCUT2D eigenvalue weighted by molar-refractivity contribution is 0.0690. The van der Waals surface area contributed by atoms with E-state index in [1.807, 2.05) is 12.1 Å². The Hall–Kier alpha value is -2.50. The highest BCUT2D eigenvalue weighted by Gasteiger charge is 2.14. The Labute approximate surface area is 102 Å². The molecule has 0 aliphatic carbocycles. The third kappa shape index (κ3) is 2.42. The number of carboxylic acids is 1. The predicted octanol–water partition coefficient (Wildman–Crippen LogP) is 1.00. The highest BCUT2D eigenvalue weighted by atomic mass is 16.5. The van der Waals surface area contributed by atoms with Crippen molar-refractivity contribution in [3.8, 4) is 5.75 Å². The molecular formula is C12H12N2O4. The van der Waals surface area contributed by atoms with Crippen molar-refractivity contribution in [2.75, 3.05) is 7.11 Å². The molecule has 0 aliphatic heterocycles. The molecule has 2 rings (SSSR count). The summed E-state index contributed by atoms with van der Waals surface area (Å²) >= 11 is 0. The molecule has 3 N–H and O–H groups in total. The number of aromatic amines is 2. The van der Waals surface area contributed by atoms with E-state index >= 15 is 0 Å². The highest BCUT2D eigenvalue weighted by Crippen LogP contribution is 2.14. The lowest BCUT2D eigenvalue weighted by Gasteiger charge is -2.03. The second kappa shape index (κ2) is 4.79. The molecule has 0 saturated carbocycles. The molecule has 94 valence electrons. The SMILES string of the molecule is COc1ccc(Cc2[nH]c(=O)[nH]c2C(=O)O)cc1. The maximum atomic E-state index is 11.1. The maximum absolute atomic E-state index is 11.1. The molecule has 0 saturated heterocycles. The van der Waals surface area contributed by atoms with Gasteiger partial charge in [0.15, 0.2) is 0 Å². The first-order chi connectivity index (χ1) is 8.60. The molecule has 6 nitrogen and oxygen atoms in total. The standard InChI is InChI=1S/C12H12N2O4/c1-18-8-4-2-7(3-5-8)6-9-10(11(15)16)14-12(17)13-9/h2-5H,6H2,1H3,(H,15,16)(H2,13,14,17).